The van der Waals surface area contributed by atoms with Crippen LogP contribution in [0.25, 0.3) is 0 Å². The predicted molar refractivity (Wildman–Crippen MR) is 110 cm³/mol. The summed E-state index contributed by atoms with van der Waals surface area (Å²) in [5.41, 5.74) is 2.30. The van der Waals surface area contributed by atoms with Gasteiger partial charge in [0.15, 0.2) is 5.82 Å². The summed E-state index contributed by atoms with van der Waals surface area (Å²) in [5.74, 6) is 1.22. The van der Waals surface area contributed by atoms with Crippen molar-refractivity contribution in [2.75, 3.05) is 70.5 Å². The Morgan fingerprint density at radius 2 is 1.83 bits per heavy atom. The lowest BCUT2D eigenvalue weighted by atomic mass is 9.91. The maximum absolute atomic E-state index is 12.8. The average molecular weight is 401 g/mol. The van der Waals surface area contributed by atoms with Gasteiger partial charge in [-0.1, -0.05) is 6.42 Å². The Labute approximate surface area is 172 Å². The molecule has 0 atom stereocenters. The van der Waals surface area contributed by atoms with Gasteiger partial charge < -0.3 is 14.5 Å². The van der Waals surface area contributed by atoms with Crippen LogP contribution in [-0.4, -0.2) is 102 Å². The number of anilines is 1. The largest absolute Gasteiger partial charge is 0.378 e. The zero-order valence-corrected chi connectivity index (χ0v) is 17.3. The summed E-state index contributed by atoms with van der Waals surface area (Å²) in [6.45, 7) is 9.22. The third-order valence-corrected chi connectivity index (χ3v) is 6.97. The quantitative estimate of drug-likeness (QED) is 0.723. The number of aromatic nitrogens is 2. The van der Waals surface area contributed by atoms with Gasteiger partial charge in [-0.25, -0.2) is 0 Å². The van der Waals surface area contributed by atoms with Gasteiger partial charge in [0.1, 0.15) is 0 Å². The Kier molecular flexibility index (Phi) is 5.65. The fourth-order valence-electron chi connectivity index (χ4n) is 4.82. The summed E-state index contributed by atoms with van der Waals surface area (Å²) in [6, 6.07) is 2.97. The van der Waals surface area contributed by atoms with Crippen LogP contribution in [0.1, 0.15) is 30.5 Å². The van der Waals surface area contributed by atoms with Gasteiger partial charge in [0, 0.05) is 58.4 Å². The van der Waals surface area contributed by atoms with Gasteiger partial charge in [-0.3, -0.25) is 14.6 Å². The third-order valence-electron chi connectivity index (χ3n) is 6.97. The Bertz CT molecular complexity index is 726. The molecule has 0 aromatic carbocycles. The second-order valence-corrected chi connectivity index (χ2v) is 8.74. The van der Waals surface area contributed by atoms with Gasteiger partial charge in [0.05, 0.1) is 25.5 Å². The summed E-state index contributed by atoms with van der Waals surface area (Å²) in [5, 5.41) is 8.95. The van der Waals surface area contributed by atoms with Crippen molar-refractivity contribution in [3.8, 4) is 0 Å². The van der Waals surface area contributed by atoms with E-state index in [4.69, 9.17) is 4.74 Å². The van der Waals surface area contributed by atoms with Crippen molar-refractivity contribution in [3.63, 3.8) is 0 Å². The highest BCUT2D eigenvalue weighted by Crippen LogP contribution is 2.26. The van der Waals surface area contributed by atoms with Gasteiger partial charge in [-0.15, -0.1) is 5.10 Å². The van der Waals surface area contributed by atoms with E-state index in [9.17, 15) is 4.79 Å². The molecule has 1 amide bonds. The van der Waals surface area contributed by atoms with Crippen molar-refractivity contribution in [3.05, 3.63) is 17.3 Å². The molecule has 8 heteroatoms. The van der Waals surface area contributed by atoms with E-state index in [0.29, 0.717) is 6.54 Å². The summed E-state index contributed by atoms with van der Waals surface area (Å²) >= 11 is 0. The molecule has 29 heavy (non-hydrogen) atoms. The lowest BCUT2D eigenvalue weighted by Crippen LogP contribution is -2.55. The maximum Gasteiger partial charge on any atom is 0.236 e. The number of carbonyl (C=O) groups excluding carboxylic acids is 1. The number of rotatable bonds is 4. The minimum absolute atomic E-state index is 0.264. The molecule has 4 aliphatic rings. The first-order chi connectivity index (χ1) is 14.3. The molecule has 8 nitrogen and oxygen atoms in total. The molecule has 1 aromatic rings. The van der Waals surface area contributed by atoms with Gasteiger partial charge in [0.25, 0.3) is 0 Å². The van der Waals surface area contributed by atoms with Crippen LogP contribution in [0.15, 0.2) is 6.07 Å². The highest BCUT2D eigenvalue weighted by Gasteiger charge is 2.30. The molecule has 1 aromatic heterocycles. The van der Waals surface area contributed by atoms with Crippen LogP contribution in [0.4, 0.5) is 5.82 Å². The lowest BCUT2D eigenvalue weighted by molar-refractivity contribution is -0.135. The van der Waals surface area contributed by atoms with Crippen LogP contribution in [0.2, 0.25) is 0 Å². The average Bonchev–Trinajstić information content (AvgIpc) is 2.73. The zero-order valence-electron chi connectivity index (χ0n) is 17.3. The highest BCUT2D eigenvalue weighted by atomic mass is 16.5. The number of piperazine rings is 1. The molecule has 0 spiro atoms. The van der Waals surface area contributed by atoms with E-state index in [-0.39, 0.29) is 5.91 Å². The van der Waals surface area contributed by atoms with Crippen molar-refractivity contribution < 1.29 is 9.53 Å². The van der Waals surface area contributed by atoms with E-state index >= 15 is 0 Å². The molecule has 0 unspecified atom stereocenters. The van der Waals surface area contributed by atoms with Crippen LogP contribution < -0.4 is 4.90 Å². The zero-order chi connectivity index (χ0) is 19.6. The highest BCUT2D eigenvalue weighted by molar-refractivity contribution is 5.78. The molecule has 0 radical (unpaired) electrons. The molecule has 2 saturated heterocycles. The van der Waals surface area contributed by atoms with Crippen molar-refractivity contribution in [2.24, 2.45) is 0 Å². The van der Waals surface area contributed by atoms with E-state index in [2.05, 4.69) is 35.9 Å². The van der Waals surface area contributed by atoms with Crippen LogP contribution in [0, 0.1) is 0 Å². The van der Waals surface area contributed by atoms with Crippen LogP contribution in [0.5, 0.6) is 0 Å². The van der Waals surface area contributed by atoms with E-state index in [1.165, 1.54) is 24.8 Å². The number of amides is 1. The second kappa shape index (κ2) is 8.53. The van der Waals surface area contributed by atoms with Crippen LogP contribution in [-0.2, 0) is 22.5 Å². The summed E-state index contributed by atoms with van der Waals surface area (Å²) in [7, 11) is 0. The minimum atomic E-state index is 0.264. The lowest BCUT2D eigenvalue weighted by Gasteiger charge is -2.43. The van der Waals surface area contributed by atoms with E-state index < -0.39 is 0 Å². The van der Waals surface area contributed by atoms with Crippen LogP contribution in [0.3, 0.4) is 0 Å². The van der Waals surface area contributed by atoms with Gasteiger partial charge in [-0.2, -0.15) is 5.10 Å². The topological polar surface area (TPSA) is 65.0 Å². The van der Waals surface area contributed by atoms with Crippen LogP contribution >= 0.6 is 0 Å². The minimum Gasteiger partial charge on any atom is -0.378 e. The van der Waals surface area contributed by atoms with Crippen molar-refractivity contribution in [1.82, 2.24) is 24.9 Å². The number of morpholine rings is 1. The van der Waals surface area contributed by atoms with Gasteiger partial charge in [-0.05, 0) is 30.9 Å². The summed E-state index contributed by atoms with van der Waals surface area (Å²) in [4.78, 5) is 21.9. The molecule has 1 saturated carbocycles. The number of ether oxygens (including phenoxy) is 1. The number of nitrogens with zero attached hydrogens (tertiary/aromatic N) is 6. The van der Waals surface area contributed by atoms with Crippen molar-refractivity contribution in [2.45, 2.75) is 38.3 Å². The Morgan fingerprint density at radius 1 is 1.03 bits per heavy atom. The third kappa shape index (κ3) is 4.25. The van der Waals surface area contributed by atoms with E-state index in [0.717, 1.165) is 89.5 Å². The molecule has 3 aliphatic heterocycles. The molecule has 4 heterocycles. The fraction of sp³-hybridized carbons (Fsp3) is 0.762. The molecule has 3 fully saturated rings. The van der Waals surface area contributed by atoms with Crippen molar-refractivity contribution in [1.29, 1.82) is 0 Å². The molecular weight excluding hydrogens is 368 g/mol. The number of fused-ring (bicyclic) bond motifs is 1. The first-order valence-electron chi connectivity index (χ1n) is 11.2. The standard InChI is InChI=1S/C21H32N6O2/c28-21(27-8-6-25(7-9-27)18-2-1-3-18)16-24-5-4-17-14-20(23-22-19(17)15-24)26-10-12-29-13-11-26/h14,18H,1-13,15-16H2. The maximum atomic E-state index is 12.8. The normalized spacial score (nSPS) is 24.3. The Morgan fingerprint density at radius 3 is 2.55 bits per heavy atom. The van der Waals surface area contributed by atoms with Gasteiger partial charge >= 0.3 is 0 Å². The van der Waals surface area contributed by atoms with E-state index in [1.54, 1.807) is 0 Å². The fourth-order valence-corrected chi connectivity index (χ4v) is 4.82. The monoisotopic (exact) mass is 400 g/mol. The molecular formula is C21H32N6O2. The molecule has 0 bridgehead atoms. The SMILES string of the molecule is O=C(CN1CCc2cc(N3CCOCC3)nnc2C1)N1CCN(C2CCC2)CC1. The molecule has 0 N–H and O–H groups in total. The number of hydrogen-bond donors (Lipinski definition) is 0. The molecule has 1 aliphatic carbocycles. The Hall–Kier alpha value is -1.77. The first-order valence-corrected chi connectivity index (χ1v) is 11.2. The van der Waals surface area contributed by atoms with Gasteiger partial charge in [0.2, 0.25) is 5.91 Å². The molecule has 5 rings (SSSR count). The Balaban J connectivity index is 1.13. The smallest absolute Gasteiger partial charge is 0.236 e. The second-order valence-electron chi connectivity index (χ2n) is 8.74. The predicted octanol–water partition coefficient (Wildman–Crippen LogP) is 0.368. The first kappa shape index (κ1) is 19.2. The number of carbonyl (C=O) groups is 1. The summed E-state index contributed by atoms with van der Waals surface area (Å²) in [6.07, 6.45) is 4.99. The molecule has 158 valence electrons. The number of hydrogen-bond acceptors (Lipinski definition) is 7. The summed E-state index contributed by atoms with van der Waals surface area (Å²) < 4.78 is 5.43. The van der Waals surface area contributed by atoms with Crippen molar-refractivity contribution >= 4 is 11.7 Å². The van der Waals surface area contributed by atoms with E-state index in [1.807, 2.05) is 0 Å².